The average Bonchev–Trinajstić information content (AvgIpc) is 3.75. The van der Waals surface area contributed by atoms with Crippen molar-refractivity contribution in [3.8, 4) is 80.1 Å². The van der Waals surface area contributed by atoms with Crippen molar-refractivity contribution >= 4 is 38.9 Å². The number of benzene rings is 9. The van der Waals surface area contributed by atoms with Crippen LogP contribution in [0.1, 0.15) is 16.7 Å². The highest BCUT2D eigenvalue weighted by molar-refractivity contribution is 6.10. The van der Waals surface area contributed by atoms with E-state index in [1.165, 1.54) is 0 Å². The van der Waals surface area contributed by atoms with Crippen LogP contribution in [0.25, 0.3) is 83.6 Å². The minimum absolute atomic E-state index is 0.537. The Bertz CT molecular complexity index is 3670. The molecule has 0 aliphatic carbocycles. The van der Waals surface area contributed by atoms with E-state index in [4.69, 9.17) is 9.97 Å². The Labute approximate surface area is 393 Å². The molecule has 0 unspecified atom stereocenters. The third-order valence-corrected chi connectivity index (χ3v) is 12.3. The largest absolute Gasteiger partial charge is 0.310 e. The van der Waals surface area contributed by atoms with Crippen LogP contribution in [0.3, 0.4) is 0 Å². The summed E-state index contributed by atoms with van der Waals surface area (Å²) in [6.45, 7) is 0. The molecular formula is C61H37N7. The maximum Gasteiger partial charge on any atom is 0.160 e. The minimum Gasteiger partial charge on any atom is -0.310 e. The normalized spacial score (nSPS) is 10.9. The molecule has 316 valence electrons. The Kier molecular flexibility index (Phi) is 10.6. The first-order valence-electron chi connectivity index (χ1n) is 22.1. The zero-order valence-electron chi connectivity index (χ0n) is 36.5. The summed E-state index contributed by atoms with van der Waals surface area (Å²) in [5.41, 5.74) is 15.9. The van der Waals surface area contributed by atoms with Crippen LogP contribution in [0.5, 0.6) is 0 Å². The van der Waals surface area contributed by atoms with Gasteiger partial charge in [0.05, 0.1) is 57.3 Å². The summed E-state index contributed by atoms with van der Waals surface area (Å²) in [7, 11) is 0. The lowest BCUT2D eigenvalue weighted by Gasteiger charge is -2.25. The first-order valence-corrected chi connectivity index (χ1v) is 22.1. The first kappa shape index (κ1) is 40.9. The quantitative estimate of drug-likeness (QED) is 0.143. The molecule has 68 heavy (non-hydrogen) atoms. The molecule has 2 aromatic heterocycles. The Morgan fingerprint density at radius 2 is 0.882 bits per heavy atom. The summed E-state index contributed by atoms with van der Waals surface area (Å²) >= 11 is 0. The molecule has 0 N–H and O–H groups in total. The van der Waals surface area contributed by atoms with E-state index in [0.717, 1.165) is 89.2 Å². The Morgan fingerprint density at radius 1 is 0.368 bits per heavy atom. The number of para-hydroxylation sites is 1. The number of nitrogens with zero attached hydrogens (tertiary/aromatic N) is 7. The van der Waals surface area contributed by atoms with Gasteiger partial charge in [0.25, 0.3) is 0 Å². The van der Waals surface area contributed by atoms with E-state index in [-0.39, 0.29) is 0 Å². The SMILES string of the molecule is N#Cc1ccc(N(c2ccc(C#N)cc2)c2ccc3c(c2)c2ccccc2n3-c2ccc(-c3ccc(-c4ccc(-c5cc(-c6ccccc6)nc(-c6ccccc6)n5)c(C#N)c4)cc3)cc2)cc1. The molecule has 0 bridgehead atoms. The highest BCUT2D eigenvalue weighted by Gasteiger charge is 2.19. The number of aromatic nitrogens is 3. The molecule has 0 amide bonds. The lowest BCUT2D eigenvalue weighted by Crippen LogP contribution is -2.10. The van der Waals surface area contributed by atoms with Gasteiger partial charge in [-0.05, 0) is 119 Å². The van der Waals surface area contributed by atoms with Crippen LogP contribution in [0, 0.1) is 34.0 Å². The highest BCUT2D eigenvalue weighted by Crippen LogP contribution is 2.40. The molecular weight excluding hydrogens is 831 g/mol. The molecule has 7 heteroatoms. The van der Waals surface area contributed by atoms with Crippen LogP contribution < -0.4 is 4.90 Å². The van der Waals surface area contributed by atoms with Gasteiger partial charge in [0.2, 0.25) is 0 Å². The van der Waals surface area contributed by atoms with E-state index in [0.29, 0.717) is 28.2 Å². The second-order valence-corrected chi connectivity index (χ2v) is 16.4. The summed E-state index contributed by atoms with van der Waals surface area (Å²) in [6, 6.07) is 82.0. The third-order valence-electron chi connectivity index (χ3n) is 12.3. The fourth-order valence-corrected chi connectivity index (χ4v) is 8.95. The van der Waals surface area contributed by atoms with Crippen LogP contribution in [0.4, 0.5) is 17.1 Å². The molecule has 0 saturated carbocycles. The van der Waals surface area contributed by atoms with Crippen LogP contribution in [-0.2, 0) is 0 Å². The lowest BCUT2D eigenvalue weighted by atomic mass is 9.95. The second kappa shape index (κ2) is 17.6. The average molecular weight is 868 g/mol. The van der Waals surface area contributed by atoms with Gasteiger partial charge < -0.3 is 9.47 Å². The summed E-state index contributed by atoms with van der Waals surface area (Å²) < 4.78 is 2.30. The van der Waals surface area contributed by atoms with Crippen molar-refractivity contribution in [1.82, 2.24) is 14.5 Å². The number of fused-ring (bicyclic) bond motifs is 3. The van der Waals surface area contributed by atoms with Gasteiger partial charge >= 0.3 is 0 Å². The molecule has 0 spiro atoms. The standard InChI is InChI=1S/C61H37N7/c62-38-41-15-26-50(27-16-41)67(51-28-17-42(39-63)18-29-51)53-32-34-60-56(36-53)55-13-7-8-14-59(55)68(60)52-30-23-44(24-31-52)43-19-21-45(22-20-43)48-25-33-54(49(35-48)40-64)58-37-57(46-9-3-1-4-10-46)65-61(66-58)47-11-5-2-6-12-47/h1-37H. The maximum atomic E-state index is 10.5. The van der Waals surface area contributed by atoms with E-state index < -0.39 is 0 Å². The summed E-state index contributed by atoms with van der Waals surface area (Å²) in [5.74, 6) is 0.605. The zero-order chi connectivity index (χ0) is 46.0. The van der Waals surface area contributed by atoms with E-state index >= 15 is 0 Å². The van der Waals surface area contributed by atoms with Gasteiger partial charge in [-0.2, -0.15) is 15.8 Å². The van der Waals surface area contributed by atoms with Crippen molar-refractivity contribution < 1.29 is 0 Å². The number of nitriles is 3. The molecule has 0 saturated heterocycles. The van der Waals surface area contributed by atoms with Crippen LogP contribution in [0.15, 0.2) is 224 Å². The van der Waals surface area contributed by atoms with Gasteiger partial charge in [-0.15, -0.1) is 0 Å². The zero-order valence-corrected chi connectivity index (χ0v) is 36.5. The second-order valence-electron chi connectivity index (χ2n) is 16.4. The van der Waals surface area contributed by atoms with E-state index in [1.807, 2.05) is 127 Å². The van der Waals surface area contributed by atoms with E-state index in [1.54, 1.807) is 0 Å². The molecule has 0 aliphatic rings. The maximum absolute atomic E-state index is 10.5. The van der Waals surface area contributed by atoms with Crippen molar-refractivity contribution in [2.45, 2.75) is 0 Å². The van der Waals surface area contributed by atoms with Gasteiger partial charge in [-0.1, -0.05) is 127 Å². The van der Waals surface area contributed by atoms with Gasteiger partial charge in [-0.3, -0.25) is 0 Å². The Morgan fingerprint density at radius 3 is 1.50 bits per heavy atom. The van der Waals surface area contributed by atoms with Crippen LogP contribution in [-0.4, -0.2) is 14.5 Å². The first-order chi connectivity index (χ1) is 33.5. The highest BCUT2D eigenvalue weighted by atomic mass is 15.1. The summed E-state index contributed by atoms with van der Waals surface area (Å²) in [5, 5.41) is 31.7. The molecule has 9 aromatic carbocycles. The number of anilines is 3. The van der Waals surface area contributed by atoms with Crippen molar-refractivity contribution in [1.29, 1.82) is 15.8 Å². The number of rotatable bonds is 9. The van der Waals surface area contributed by atoms with Gasteiger partial charge in [0.15, 0.2) is 5.82 Å². The van der Waals surface area contributed by atoms with Crippen molar-refractivity contribution in [3.63, 3.8) is 0 Å². The third kappa shape index (κ3) is 7.67. The fourth-order valence-electron chi connectivity index (χ4n) is 8.95. The molecule has 2 heterocycles. The van der Waals surface area contributed by atoms with Crippen molar-refractivity contribution in [3.05, 3.63) is 241 Å². The molecule has 0 radical (unpaired) electrons. The molecule has 0 atom stereocenters. The summed E-state index contributed by atoms with van der Waals surface area (Å²) in [4.78, 5) is 12.0. The minimum atomic E-state index is 0.537. The van der Waals surface area contributed by atoms with Crippen molar-refractivity contribution in [2.24, 2.45) is 0 Å². The van der Waals surface area contributed by atoms with Gasteiger partial charge in [-0.25, -0.2) is 9.97 Å². The monoisotopic (exact) mass is 867 g/mol. The van der Waals surface area contributed by atoms with Crippen LogP contribution >= 0.6 is 0 Å². The molecule has 11 rings (SSSR count). The van der Waals surface area contributed by atoms with Crippen molar-refractivity contribution in [2.75, 3.05) is 4.90 Å². The molecule has 0 fully saturated rings. The fraction of sp³-hybridized carbons (Fsp3) is 0. The smallest absolute Gasteiger partial charge is 0.160 e. The topological polar surface area (TPSA) is 105 Å². The lowest BCUT2D eigenvalue weighted by molar-refractivity contribution is 1.18. The predicted octanol–water partition coefficient (Wildman–Crippen LogP) is 15.0. The number of hydrogen-bond donors (Lipinski definition) is 0. The predicted molar refractivity (Wildman–Crippen MR) is 272 cm³/mol. The van der Waals surface area contributed by atoms with Crippen LogP contribution in [0.2, 0.25) is 0 Å². The molecule has 11 aromatic rings. The van der Waals surface area contributed by atoms with Gasteiger partial charge in [0, 0.05) is 50.2 Å². The molecule has 7 nitrogen and oxygen atoms in total. The molecule has 0 aliphatic heterocycles. The Balaban J connectivity index is 0.895. The van der Waals surface area contributed by atoms with Gasteiger partial charge in [0.1, 0.15) is 0 Å². The summed E-state index contributed by atoms with van der Waals surface area (Å²) in [6.07, 6.45) is 0. The Hall–Kier alpha value is -9.87. The number of hydrogen-bond acceptors (Lipinski definition) is 6. The van der Waals surface area contributed by atoms with E-state index in [2.05, 4.69) is 125 Å². The van der Waals surface area contributed by atoms with E-state index in [9.17, 15) is 15.8 Å².